The Kier molecular flexibility index (Phi) is 5.45. The van der Waals surface area contributed by atoms with Crippen LogP contribution in [0.3, 0.4) is 0 Å². The maximum atomic E-state index is 13.5. The molecule has 0 amide bonds. The fourth-order valence-electron chi connectivity index (χ4n) is 2.06. The molecular weight excluding hydrogens is 312 g/mol. The van der Waals surface area contributed by atoms with Crippen LogP contribution in [0.25, 0.3) is 0 Å². The minimum Gasteiger partial charge on any atom is -0.496 e. The summed E-state index contributed by atoms with van der Waals surface area (Å²) in [5, 5.41) is 4.06. The lowest BCUT2D eigenvalue weighted by Gasteiger charge is -2.17. The molecule has 0 bridgehead atoms. The second kappa shape index (κ2) is 7.12. The van der Waals surface area contributed by atoms with E-state index in [-0.39, 0.29) is 11.1 Å². The summed E-state index contributed by atoms with van der Waals surface area (Å²) in [7, 11) is 1.60. The number of nitrogens with one attached hydrogen (secondary N) is 1. The molecule has 2 aromatic carbocycles. The number of hydrogen-bond donors (Lipinski definition) is 1. The van der Waals surface area contributed by atoms with Crippen LogP contribution in [-0.4, -0.2) is 7.11 Å². The molecule has 1 unspecified atom stereocenters. The lowest BCUT2D eigenvalue weighted by Crippen LogP contribution is -2.19. The zero-order chi connectivity index (χ0) is 15.4. The highest BCUT2D eigenvalue weighted by Crippen LogP contribution is 2.27. The molecule has 0 aliphatic heterocycles. The molecular formula is C16H16Cl2FNO. The van der Waals surface area contributed by atoms with Crippen molar-refractivity contribution in [1.82, 2.24) is 5.32 Å². The van der Waals surface area contributed by atoms with Crippen molar-refractivity contribution in [2.75, 3.05) is 7.11 Å². The first-order chi connectivity index (χ1) is 10.0. The topological polar surface area (TPSA) is 21.3 Å². The molecule has 2 aromatic rings. The van der Waals surface area contributed by atoms with Crippen molar-refractivity contribution < 1.29 is 9.13 Å². The third-order valence-corrected chi connectivity index (χ3v) is 3.99. The molecule has 0 spiro atoms. The molecule has 0 aliphatic rings. The van der Waals surface area contributed by atoms with Crippen molar-refractivity contribution >= 4 is 23.2 Å². The maximum Gasteiger partial charge on any atom is 0.142 e. The number of halogens is 3. The second-order valence-corrected chi connectivity index (χ2v) is 5.51. The monoisotopic (exact) mass is 327 g/mol. The summed E-state index contributed by atoms with van der Waals surface area (Å²) in [6, 6.07) is 10.3. The van der Waals surface area contributed by atoms with E-state index >= 15 is 0 Å². The number of hydrogen-bond acceptors (Lipinski definition) is 2. The van der Waals surface area contributed by atoms with Gasteiger partial charge >= 0.3 is 0 Å². The molecule has 0 fully saturated rings. The summed E-state index contributed by atoms with van der Waals surface area (Å²) in [5.74, 6) is 0.308. The smallest absolute Gasteiger partial charge is 0.142 e. The number of rotatable bonds is 5. The summed E-state index contributed by atoms with van der Waals surface area (Å²) in [6.07, 6.45) is 0. The van der Waals surface area contributed by atoms with Crippen molar-refractivity contribution in [3.63, 3.8) is 0 Å². The zero-order valence-electron chi connectivity index (χ0n) is 11.8. The van der Waals surface area contributed by atoms with Gasteiger partial charge in [0.15, 0.2) is 0 Å². The Bertz CT molecular complexity index is 634. The van der Waals surface area contributed by atoms with Crippen LogP contribution in [0.5, 0.6) is 5.75 Å². The Labute approximate surface area is 133 Å². The number of methoxy groups -OCH3 is 1. The molecule has 0 saturated carbocycles. The van der Waals surface area contributed by atoms with E-state index in [1.165, 1.54) is 6.07 Å². The van der Waals surface area contributed by atoms with Crippen molar-refractivity contribution in [2.24, 2.45) is 0 Å². The third kappa shape index (κ3) is 3.88. The SMILES string of the molecule is COc1cccc(Cl)c1CNC(C)c1ccc(Cl)c(F)c1. The maximum absolute atomic E-state index is 13.5. The van der Waals surface area contributed by atoms with Gasteiger partial charge in [0.25, 0.3) is 0 Å². The van der Waals surface area contributed by atoms with Crippen LogP contribution in [0, 0.1) is 5.82 Å². The Balaban J connectivity index is 2.10. The van der Waals surface area contributed by atoms with Gasteiger partial charge in [0, 0.05) is 23.2 Å². The van der Waals surface area contributed by atoms with Gasteiger partial charge in [-0.2, -0.15) is 0 Å². The quantitative estimate of drug-likeness (QED) is 0.835. The van der Waals surface area contributed by atoms with Gasteiger partial charge in [0.05, 0.1) is 12.1 Å². The summed E-state index contributed by atoms with van der Waals surface area (Å²) >= 11 is 11.9. The third-order valence-electron chi connectivity index (χ3n) is 3.32. The van der Waals surface area contributed by atoms with E-state index in [0.29, 0.717) is 11.6 Å². The molecule has 5 heteroatoms. The van der Waals surface area contributed by atoms with E-state index in [2.05, 4.69) is 5.32 Å². The second-order valence-electron chi connectivity index (χ2n) is 4.70. The normalized spacial score (nSPS) is 12.2. The van der Waals surface area contributed by atoms with E-state index in [0.717, 1.165) is 16.9 Å². The van der Waals surface area contributed by atoms with Crippen LogP contribution < -0.4 is 10.1 Å². The van der Waals surface area contributed by atoms with Gasteiger partial charge in [-0.1, -0.05) is 35.3 Å². The summed E-state index contributed by atoms with van der Waals surface area (Å²) in [4.78, 5) is 0. The molecule has 21 heavy (non-hydrogen) atoms. The highest BCUT2D eigenvalue weighted by molar-refractivity contribution is 6.31. The van der Waals surface area contributed by atoms with Crippen molar-refractivity contribution in [2.45, 2.75) is 19.5 Å². The Hall–Kier alpha value is -1.29. The van der Waals surface area contributed by atoms with Gasteiger partial charge < -0.3 is 10.1 Å². The van der Waals surface area contributed by atoms with Crippen LogP contribution in [0.15, 0.2) is 36.4 Å². The van der Waals surface area contributed by atoms with Gasteiger partial charge in [-0.05, 0) is 36.8 Å². The molecule has 0 radical (unpaired) electrons. The van der Waals surface area contributed by atoms with E-state index < -0.39 is 5.82 Å². The first-order valence-corrected chi connectivity index (χ1v) is 7.28. The van der Waals surface area contributed by atoms with Gasteiger partial charge in [0.1, 0.15) is 11.6 Å². The van der Waals surface area contributed by atoms with Crippen molar-refractivity contribution in [3.8, 4) is 5.75 Å². The molecule has 0 saturated heterocycles. The van der Waals surface area contributed by atoms with Crippen LogP contribution >= 0.6 is 23.2 Å². The fourth-order valence-corrected chi connectivity index (χ4v) is 2.41. The highest BCUT2D eigenvalue weighted by atomic mass is 35.5. The minimum atomic E-state index is -0.418. The summed E-state index contributed by atoms with van der Waals surface area (Å²) in [6.45, 7) is 2.47. The summed E-state index contributed by atoms with van der Waals surface area (Å²) in [5.41, 5.74) is 1.70. The predicted molar refractivity (Wildman–Crippen MR) is 84.7 cm³/mol. The molecule has 1 N–H and O–H groups in total. The van der Waals surface area contributed by atoms with Gasteiger partial charge in [-0.15, -0.1) is 0 Å². The lowest BCUT2D eigenvalue weighted by atomic mass is 10.1. The lowest BCUT2D eigenvalue weighted by molar-refractivity contribution is 0.406. The first-order valence-electron chi connectivity index (χ1n) is 6.52. The molecule has 1 atom stereocenters. The van der Waals surface area contributed by atoms with Gasteiger partial charge in [0.2, 0.25) is 0 Å². The average molecular weight is 328 g/mol. The molecule has 0 heterocycles. The van der Waals surface area contributed by atoms with E-state index in [9.17, 15) is 4.39 Å². The van der Waals surface area contributed by atoms with E-state index in [1.54, 1.807) is 19.2 Å². The average Bonchev–Trinajstić information content (AvgIpc) is 2.48. The first kappa shape index (κ1) is 16.1. The Morgan fingerprint density at radius 2 is 1.95 bits per heavy atom. The van der Waals surface area contributed by atoms with Crippen LogP contribution in [0.2, 0.25) is 10.0 Å². The summed E-state index contributed by atoms with van der Waals surface area (Å²) < 4.78 is 18.8. The fraction of sp³-hybridized carbons (Fsp3) is 0.250. The van der Waals surface area contributed by atoms with E-state index in [1.807, 2.05) is 25.1 Å². The molecule has 112 valence electrons. The van der Waals surface area contributed by atoms with Crippen LogP contribution in [0.1, 0.15) is 24.1 Å². The molecule has 2 nitrogen and oxygen atoms in total. The van der Waals surface area contributed by atoms with Crippen molar-refractivity contribution in [1.29, 1.82) is 0 Å². The molecule has 0 aliphatic carbocycles. The van der Waals surface area contributed by atoms with Gasteiger partial charge in [-0.25, -0.2) is 4.39 Å². The molecule has 2 rings (SSSR count). The predicted octanol–water partition coefficient (Wildman–Crippen LogP) is 4.99. The van der Waals surface area contributed by atoms with Crippen molar-refractivity contribution in [3.05, 3.63) is 63.4 Å². The Morgan fingerprint density at radius 3 is 2.62 bits per heavy atom. The Morgan fingerprint density at radius 1 is 1.19 bits per heavy atom. The van der Waals surface area contributed by atoms with E-state index in [4.69, 9.17) is 27.9 Å². The largest absolute Gasteiger partial charge is 0.496 e. The number of benzene rings is 2. The van der Waals surface area contributed by atoms with Crippen LogP contribution in [-0.2, 0) is 6.54 Å². The highest BCUT2D eigenvalue weighted by Gasteiger charge is 2.11. The van der Waals surface area contributed by atoms with Gasteiger partial charge in [-0.3, -0.25) is 0 Å². The minimum absolute atomic E-state index is 0.0438. The standard InChI is InChI=1S/C16H16Cl2FNO/c1-10(11-6-7-14(18)15(19)8-11)20-9-12-13(17)4-3-5-16(12)21-2/h3-8,10,20H,9H2,1-2H3. The molecule has 0 aromatic heterocycles. The number of ether oxygens (including phenoxy) is 1. The zero-order valence-corrected chi connectivity index (χ0v) is 13.3. The van der Waals surface area contributed by atoms with Crippen LogP contribution in [0.4, 0.5) is 4.39 Å².